The number of Topliss-reactive ketones (excluding diaryl/α,β-unsaturated/α-hetero) is 1. The molecule has 0 N–H and O–H groups in total. The van der Waals surface area contributed by atoms with Crippen LogP contribution in [0.25, 0.3) is 0 Å². The molecule has 0 bridgehead atoms. The maximum atomic E-state index is 10.9. The minimum atomic E-state index is 0.390. The average molecular weight is 180 g/mol. The van der Waals surface area contributed by atoms with E-state index >= 15 is 0 Å². The summed E-state index contributed by atoms with van der Waals surface area (Å²) in [5.41, 5.74) is 0. The van der Waals surface area contributed by atoms with Crippen LogP contribution in [0.4, 0.5) is 0 Å². The number of ketones is 1. The molecule has 0 spiro atoms. The van der Waals surface area contributed by atoms with E-state index in [2.05, 4.69) is 12.7 Å². The van der Waals surface area contributed by atoms with Crippen molar-refractivity contribution in [3.8, 4) is 0 Å². The van der Waals surface area contributed by atoms with Crippen LogP contribution in [0.15, 0.2) is 24.8 Å². The first-order valence-electron chi connectivity index (χ1n) is 5.10. The van der Waals surface area contributed by atoms with Crippen LogP contribution in [0.3, 0.4) is 0 Å². The minimum absolute atomic E-state index is 0.390. The summed E-state index contributed by atoms with van der Waals surface area (Å²) in [4.78, 5) is 10.9. The molecule has 0 radical (unpaired) electrons. The first-order valence-corrected chi connectivity index (χ1v) is 5.10. The highest BCUT2D eigenvalue weighted by molar-refractivity contribution is 5.77. The van der Waals surface area contributed by atoms with Crippen LogP contribution in [0.1, 0.15) is 45.4 Å². The fraction of sp³-hybridized carbons (Fsp3) is 0.583. The van der Waals surface area contributed by atoms with Crippen LogP contribution in [-0.4, -0.2) is 5.78 Å². The highest BCUT2D eigenvalue weighted by Gasteiger charge is 1.96. The molecule has 0 saturated carbocycles. The zero-order valence-electron chi connectivity index (χ0n) is 8.59. The molecule has 0 amide bonds. The molecule has 1 nitrogen and oxygen atoms in total. The molecule has 0 aromatic rings. The molecular weight excluding hydrogens is 160 g/mol. The lowest BCUT2D eigenvalue weighted by Gasteiger charge is -1.96. The second-order valence-electron chi connectivity index (χ2n) is 3.16. The quantitative estimate of drug-likeness (QED) is 0.411. The fourth-order valence-electron chi connectivity index (χ4n) is 1.13. The van der Waals surface area contributed by atoms with E-state index < -0.39 is 0 Å². The van der Waals surface area contributed by atoms with Crippen LogP contribution < -0.4 is 0 Å². The molecule has 13 heavy (non-hydrogen) atoms. The SMILES string of the molecule is C=C/C=C/CCCCCC(=O)CC. The van der Waals surface area contributed by atoms with Crippen molar-refractivity contribution in [2.24, 2.45) is 0 Å². The van der Waals surface area contributed by atoms with Crippen LogP contribution in [0.5, 0.6) is 0 Å². The highest BCUT2D eigenvalue weighted by atomic mass is 16.1. The first kappa shape index (κ1) is 12.2. The normalized spacial score (nSPS) is 10.5. The van der Waals surface area contributed by atoms with Crippen molar-refractivity contribution < 1.29 is 4.79 Å². The van der Waals surface area contributed by atoms with Gasteiger partial charge in [0.15, 0.2) is 0 Å². The molecule has 0 aliphatic rings. The van der Waals surface area contributed by atoms with Crippen molar-refractivity contribution >= 4 is 5.78 Å². The Bertz CT molecular complexity index is 168. The van der Waals surface area contributed by atoms with Crippen molar-refractivity contribution in [1.82, 2.24) is 0 Å². The van der Waals surface area contributed by atoms with Crippen molar-refractivity contribution in [1.29, 1.82) is 0 Å². The largest absolute Gasteiger partial charge is 0.300 e. The number of carbonyl (C=O) groups excluding carboxylic acids is 1. The zero-order valence-corrected chi connectivity index (χ0v) is 8.59. The van der Waals surface area contributed by atoms with Gasteiger partial charge in [0.1, 0.15) is 5.78 Å². The monoisotopic (exact) mass is 180 g/mol. The molecule has 0 aromatic carbocycles. The van der Waals surface area contributed by atoms with Gasteiger partial charge in [-0.3, -0.25) is 4.79 Å². The van der Waals surface area contributed by atoms with Gasteiger partial charge >= 0.3 is 0 Å². The Morgan fingerprint density at radius 3 is 2.69 bits per heavy atom. The number of allylic oxidation sites excluding steroid dienone is 3. The summed E-state index contributed by atoms with van der Waals surface area (Å²) in [5.74, 6) is 0.390. The topological polar surface area (TPSA) is 17.1 Å². The molecule has 0 saturated heterocycles. The van der Waals surface area contributed by atoms with Gasteiger partial charge in [0, 0.05) is 12.8 Å². The van der Waals surface area contributed by atoms with E-state index in [4.69, 9.17) is 0 Å². The van der Waals surface area contributed by atoms with Crippen LogP contribution >= 0.6 is 0 Å². The van der Waals surface area contributed by atoms with Gasteiger partial charge in [-0.25, -0.2) is 0 Å². The van der Waals surface area contributed by atoms with Gasteiger partial charge in [0.05, 0.1) is 0 Å². The number of hydrogen-bond donors (Lipinski definition) is 0. The average Bonchev–Trinajstić information content (AvgIpc) is 2.16. The second kappa shape index (κ2) is 9.24. The smallest absolute Gasteiger partial charge is 0.132 e. The predicted octanol–water partition coefficient (Wildman–Crippen LogP) is 3.66. The van der Waals surface area contributed by atoms with E-state index in [1.165, 1.54) is 6.42 Å². The highest BCUT2D eigenvalue weighted by Crippen LogP contribution is 2.05. The summed E-state index contributed by atoms with van der Waals surface area (Å²) < 4.78 is 0. The third-order valence-electron chi connectivity index (χ3n) is 1.99. The molecule has 1 heteroatoms. The van der Waals surface area contributed by atoms with E-state index in [1.54, 1.807) is 6.08 Å². The number of hydrogen-bond acceptors (Lipinski definition) is 1. The standard InChI is InChI=1S/C12H20O/c1-3-5-6-7-8-9-10-11-12(13)4-2/h3,5-6H,1,4,7-11H2,2H3/b6-5+. The Balaban J connectivity index is 3.12. The van der Waals surface area contributed by atoms with Gasteiger partial charge < -0.3 is 0 Å². The number of unbranched alkanes of at least 4 members (excludes halogenated alkanes) is 3. The van der Waals surface area contributed by atoms with Gasteiger partial charge in [-0.2, -0.15) is 0 Å². The third-order valence-corrected chi connectivity index (χ3v) is 1.99. The lowest BCUT2D eigenvalue weighted by Crippen LogP contribution is -1.93. The van der Waals surface area contributed by atoms with Crippen LogP contribution in [-0.2, 0) is 4.79 Å². The van der Waals surface area contributed by atoms with Crippen molar-refractivity contribution in [2.45, 2.75) is 45.4 Å². The molecule has 0 rings (SSSR count). The fourth-order valence-corrected chi connectivity index (χ4v) is 1.13. The summed E-state index contributed by atoms with van der Waals surface area (Å²) in [6.45, 7) is 5.52. The van der Waals surface area contributed by atoms with Crippen LogP contribution in [0.2, 0.25) is 0 Å². The summed E-state index contributed by atoms with van der Waals surface area (Å²) in [6.07, 6.45) is 11.8. The molecule has 0 unspecified atom stereocenters. The van der Waals surface area contributed by atoms with Gasteiger partial charge in [0.25, 0.3) is 0 Å². The van der Waals surface area contributed by atoms with Crippen molar-refractivity contribution in [2.75, 3.05) is 0 Å². The van der Waals surface area contributed by atoms with Crippen molar-refractivity contribution in [3.63, 3.8) is 0 Å². The molecule has 0 aromatic heterocycles. The van der Waals surface area contributed by atoms with E-state index in [9.17, 15) is 4.79 Å². The minimum Gasteiger partial charge on any atom is -0.300 e. The van der Waals surface area contributed by atoms with Gasteiger partial charge in [-0.15, -0.1) is 0 Å². The Labute approximate surface area is 81.5 Å². The van der Waals surface area contributed by atoms with Gasteiger partial charge in [-0.1, -0.05) is 38.2 Å². The molecule has 0 heterocycles. The summed E-state index contributed by atoms with van der Waals surface area (Å²) in [6, 6.07) is 0. The Hall–Kier alpha value is -0.850. The van der Waals surface area contributed by atoms with Gasteiger partial charge in [0.2, 0.25) is 0 Å². The molecule has 0 fully saturated rings. The number of rotatable bonds is 8. The summed E-state index contributed by atoms with van der Waals surface area (Å²) >= 11 is 0. The molecule has 0 aliphatic carbocycles. The zero-order chi connectivity index (χ0) is 9.94. The lowest BCUT2D eigenvalue weighted by molar-refractivity contribution is -0.118. The first-order chi connectivity index (χ1) is 6.31. The van der Waals surface area contributed by atoms with Crippen molar-refractivity contribution in [3.05, 3.63) is 24.8 Å². The van der Waals surface area contributed by atoms with Crippen LogP contribution in [0, 0.1) is 0 Å². The Morgan fingerprint density at radius 1 is 1.31 bits per heavy atom. The Morgan fingerprint density at radius 2 is 2.08 bits per heavy atom. The lowest BCUT2D eigenvalue weighted by atomic mass is 10.1. The van der Waals surface area contributed by atoms with Gasteiger partial charge in [-0.05, 0) is 19.3 Å². The number of carbonyl (C=O) groups is 1. The second-order valence-corrected chi connectivity index (χ2v) is 3.16. The summed E-state index contributed by atoms with van der Waals surface area (Å²) in [5, 5.41) is 0. The van der Waals surface area contributed by atoms with E-state index in [-0.39, 0.29) is 0 Å². The predicted molar refractivity (Wildman–Crippen MR) is 57.7 cm³/mol. The summed E-state index contributed by atoms with van der Waals surface area (Å²) in [7, 11) is 0. The van der Waals surface area contributed by atoms with E-state index in [0.29, 0.717) is 12.2 Å². The third kappa shape index (κ3) is 9.06. The molecule has 74 valence electrons. The Kier molecular flexibility index (Phi) is 8.64. The van der Waals surface area contributed by atoms with E-state index in [0.717, 1.165) is 25.7 Å². The van der Waals surface area contributed by atoms with E-state index in [1.807, 2.05) is 13.0 Å². The molecule has 0 atom stereocenters. The molecule has 0 aliphatic heterocycles. The maximum absolute atomic E-state index is 10.9. The maximum Gasteiger partial charge on any atom is 0.132 e. The molecular formula is C12H20O.